The molecule has 4 nitrogen and oxygen atoms in total. The molecule has 1 aliphatic rings. The van der Waals surface area contributed by atoms with Gasteiger partial charge in [0.2, 0.25) is 5.91 Å². The van der Waals surface area contributed by atoms with Crippen LogP contribution in [-0.4, -0.2) is 16.1 Å². The Morgan fingerprint density at radius 2 is 2.04 bits per heavy atom. The van der Waals surface area contributed by atoms with Crippen molar-refractivity contribution in [2.45, 2.75) is 33.1 Å². The second-order valence-corrected chi connectivity index (χ2v) is 7.07. The molecule has 1 aliphatic carbocycles. The van der Waals surface area contributed by atoms with Crippen LogP contribution in [0.1, 0.15) is 36.1 Å². The minimum absolute atomic E-state index is 0.0973. The first kappa shape index (κ1) is 14.9. The van der Waals surface area contributed by atoms with E-state index < -0.39 is 0 Å². The number of aromatic nitrogens is 2. The van der Waals surface area contributed by atoms with Crippen LogP contribution in [0.15, 0.2) is 42.5 Å². The molecule has 122 valence electrons. The highest BCUT2D eigenvalue weighted by molar-refractivity contribution is 5.99. The molecule has 4 rings (SSSR count). The van der Waals surface area contributed by atoms with E-state index in [1.165, 1.54) is 5.56 Å². The van der Waals surface area contributed by atoms with Crippen LogP contribution in [0.3, 0.4) is 0 Å². The van der Waals surface area contributed by atoms with Gasteiger partial charge in [0.25, 0.3) is 0 Å². The first-order valence-corrected chi connectivity index (χ1v) is 8.31. The Kier molecular flexibility index (Phi) is 3.23. The fourth-order valence-electron chi connectivity index (χ4n) is 3.46. The van der Waals surface area contributed by atoms with Crippen LogP contribution in [0.25, 0.3) is 10.9 Å². The number of H-pyrrole nitrogens is 1. The summed E-state index contributed by atoms with van der Waals surface area (Å²) in [4.78, 5) is 12.8. The zero-order chi connectivity index (χ0) is 16.9. The number of nitrogens with one attached hydrogen (secondary N) is 2. The normalized spacial score (nSPS) is 22.5. The molecule has 0 aliphatic heterocycles. The third-order valence-corrected chi connectivity index (χ3v) is 5.32. The number of rotatable bonds is 3. The lowest BCUT2D eigenvalue weighted by molar-refractivity contribution is -0.120. The summed E-state index contributed by atoms with van der Waals surface area (Å²) < 4.78 is 0. The summed E-state index contributed by atoms with van der Waals surface area (Å²) in [7, 11) is 0. The van der Waals surface area contributed by atoms with Gasteiger partial charge in [-0.05, 0) is 49.4 Å². The van der Waals surface area contributed by atoms with Gasteiger partial charge >= 0.3 is 0 Å². The van der Waals surface area contributed by atoms with E-state index in [4.69, 9.17) is 0 Å². The molecule has 2 atom stereocenters. The SMILES string of the molecule is Cc1ccccc1NC(=O)[C@]1(C)C[C@H]1c1ccc2c(C)[nH]nc2c1. The minimum atomic E-state index is -0.346. The molecule has 1 heterocycles. The van der Waals surface area contributed by atoms with Crippen molar-refractivity contribution in [1.82, 2.24) is 10.2 Å². The molecule has 2 N–H and O–H groups in total. The van der Waals surface area contributed by atoms with E-state index in [2.05, 4.69) is 33.7 Å². The van der Waals surface area contributed by atoms with E-state index in [-0.39, 0.29) is 17.2 Å². The number of para-hydroxylation sites is 1. The molecule has 0 spiro atoms. The number of hydrogen-bond acceptors (Lipinski definition) is 2. The number of carbonyl (C=O) groups excluding carboxylic acids is 1. The number of anilines is 1. The molecule has 0 saturated heterocycles. The number of benzene rings is 2. The number of hydrogen-bond donors (Lipinski definition) is 2. The Labute approximate surface area is 141 Å². The lowest BCUT2D eigenvalue weighted by atomic mass is 9.99. The highest BCUT2D eigenvalue weighted by Gasteiger charge is 2.56. The van der Waals surface area contributed by atoms with Gasteiger partial charge in [0, 0.05) is 16.8 Å². The van der Waals surface area contributed by atoms with Crippen molar-refractivity contribution < 1.29 is 4.79 Å². The largest absolute Gasteiger partial charge is 0.325 e. The van der Waals surface area contributed by atoms with Crippen LogP contribution < -0.4 is 5.32 Å². The maximum Gasteiger partial charge on any atom is 0.230 e. The van der Waals surface area contributed by atoms with Crippen molar-refractivity contribution in [3.63, 3.8) is 0 Å². The van der Waals surface area contributed by atoms with Crippen LogP contribution in [0.2, 0.25) is 0 Å². The predicted octanol–water partition coefficient (Wildman–Crippen LogP) is 4.31. The number of carbonyl (C=O) groups is 1. The number of amides is 1. The molecule has 4 heteroatoms. The number of fused-ring (bicyclic) bond motifs is 1. The molecule has 1 amide bonds. The summed E-state index contributed by atoms with van der Waals surface area (Å²) in [5.74, 6) is 0.350. The maximum atomic E-state index is 12.8. The van der Waals surface area contributed by atoms with Crippen molar-refractivity contribution in [1.29, 1.82) is 0 Å². The molecule has 0 unspecified atom stereocenters. The van der Waals surface area contributed by atoms with Crippen molar-refractivity contribution in [3.05, 3.63) is 59.3 Å². The van der Waals surface area contributed by atoms with E-state index in [9.17, 15) is 4.79 Å². The van der Waals surface area contributed by atoms with E-state index in [1.54, 1.807) is 0 Å². The Balaban J connectivity index is 1.56. The molecule has 3 aromatic rings. The third kappa shape index (κ3) is 2.30. The Morgan fingerprint density at radius 1 is 1.25 bits per heavy atom. The third-order valence-electron chi connectivity index (χ3n) is 5.32. The van der Waals surface area contributed by atoms with Gasteiger partial charge in [-0.3, -0.25) is 9.89 Å². The smallest absolute Gasteiger partial charge is 0.230 e. The van der Waals surface area contributed by atoms with Crippen LogP contribution in [0.5, 0.6) is 0 Å². The van der Waals surface area contributed by atoms with Crippen molar-refractivity contribution >= 4 is 22.5 Å². The van der Waals surface area contributed by atoms with Gasteiger partial charge in [0.15, 0.2) is 0 Å². The van der Waals surface area contributed by atoms with Crippen molar-refractivity contribution in [2.24, 2.45) is 5.41 Å². The fraction of sp³-hybridized carbons (Fsp3) is 0.300. The van der Waals surface area contributed by atoms with Crippen LogP contribution in [0.4, 0.5) is 5.69 Å². The standard InChI is InChI=1S/C20H21N3O/c1-12-6-4-5-7-17(12)21-19(24)20(3)11-16(20)14-8-9-15-13(2)22-23-18(15)10-14/h4-10,16H,11H2,1-3H3,(H,21,24)(H,22,23)/t16-,20+/m0/s1. The molecule has 1 fully saturated rings. The molecule has 1 aromatic heterocycles. The zero-order valence-corrected chi connectivity index (χ0v) is 14.2. The summed E-state index contributed by atoms with van der Waals surface area (Å²) in [6.45, 7) is 6.08. The van der Waals surface area contributed by atoms with Crippen LogP contribution in [-0.2, 0) is 4.79 Å². The average molecular weight is 319 g/mol. The van der Waals surface area contributed by atoms with E-state index in [0.717, 1.165) is 34.3 Å². The highest BCUT2D eigenvalue weighted by Crippen LogP contribution is 2.59. The van der Waals surface area contributed by atoms with E-state index >= 15 is 0 Å². The maximum absolute atomic E-state index is 12.8. The first-order chi connectivity index (χ1) is 11.5. The second-order valence-electron chi connectivity index (χ2n) is 7.07. The first-order valence-electron chi connectivity index (χ1n) is 8.31. The molecule has 0 radical (unpaired) electrons. The summed E-state index contributed by atoms with van der Waals surface area (Å²) in [6.07, 6.45) is 0.875. The minimum Gasteiger partial charge on any atom is -0.325 e. The molecular formula is C20H21N3O. The van der Waals surface area contributed by atoms with Gasteiger partial charge in [-0.2, -0.15) is 5.10 Å². The topological polar surface area (TPSA) is 57.8 Å². The Hall–Kier alpha value is -2.62. The lowest BCUT2D eigenvalue weighted by Crippen LogP contribution is -2.23. The lowest BCUT2D eigenvalue weighted by Gasteiger charge is -2.14. The Bertz CT molecular complexity index is 943. The van der Waals surface area contributed by atoms with Crippen molar-refractivity contribution in [2.75, 3.05) is 5.32 Å². The number of aryl methyl sites for hydroxylation is 2. The number of aromatic amines is 1. The molecule has 24 heavy (non-hydrogen) atoms. The van der Waals surface area contributed by atoms with Crippen molar-refractivity contribution in [3.8, 4) is 0 Å². The van der Waals surface area contributed by atoms with Gasteiger partial charge in [-0.25, -0.2) is 0 Å². The zero-order valence-electron chi connectivity index (χ0n) is 14.2. The summed E-state index contributed by atoms with van der Waals surface area (Å²) >= 11 is 0. The molecule has 0 bridgehead atoms. The van der Waals surface area contributed by atoms with Gasteiger partial charge in [-0.1, -0.05) is 37.3 Å². The second kappa shape index (κ2) is 5.20. The van der Waals surface area contributed by atoms with Crippen LogP contribution in [0, 0.1) is 19.3 Å². The molecule has 2 aromatic carbocycles. The quantitative estimate of drug-likeness (QED) is 0.755. The molecular weight excluding hydrogens is 298 g/mol. The van der Waals surface area contributed by atoms with Gasteiger partial charge < -0.3 is 5.32 Å². The highest BCUT2D eigenvalue weighted by atomic mass is 16.2. The predicted molar refractivity (Wildman–Crippen MR) is 96.1 cm³/mol. The van der Waals surface area contributed by atoms with E-state index in [0.29, 0.717) is 0 Å². The van der Waals surface area contributed by atoms with Gasteiger partial charge in [0.05, 0.1) is 10.9 Å². The van der Waals surface area contributed by atoms with Gasteiger partial charge in [0.1, 0.15) is 0 Å². The summed E-state index contributed by atoms with van der Waals surface area (Å²) in [5, 5.41) is 11.6. The monoisotopic (exact) mass is 319 g/mol. The van der Waals surface area contributed by atoms with Gasteiger partial charge in [-0.15, -0.1) is 0 Å². The average Bonchev–Trinajstić information content (AvgIpc) is 3.15. The molecule has 1 saturated carbocycles. The van der Waals surface area contributed by atoms with Crippen LogP contribution >= 0.6 is 0 Å². The summed E-state index contributed by atoms with van der Waals surface area (Å²) in [6, 6.07) is 14.2. The van der Waals surface area contributed by atoms with E-state index in [1.807, 2.05) is 45.0 Å². The Morgan fingerprint density at radius 3 is 2.83 bits per heavy atom. The number of nitrogens with zero attached hydrogens (tertiary/aromatic N) is 1. The summed E-state index contributed by atoms with van der Waals surface area (Å²) in [5.41, 5.74) is 4.87. The fourth-order valence-corrected chi connectivity index (χ4v) is 3.46.